The van der Waals surface area contributed by atoms with Gasteiger partial charge in [-0.25, -0.2) is 13.1 Å². The summed E-state index contributed by atoms with van der Waals surface area (Å²) in [5.41, 5.74) is -0.415. The third-order valence-corrected chi connectivity index (χ3v) is 8.19. The molecule has 2 atom stereocenters. The second-order valence-corrected chi connectivity index (χ2v) is 11.5. The van der Waals surface area contributed by atoms with E-state index in [0.717, 1.165) is 30.6 Å². The SMILES string of the molecule is CC(C)(C)C(=O)NCCc1ccc(S(=O)(=O)NC2CC3CCC(C2)N3)s1. The van der Waals surface area contributed by atoms with Crippen molar-refractivity contribution in [2.24, 2.45) is 5.41 Å². The minimum Gasteiger partial charge on any atom is -0.355 e. The van der Waals surface area contributed by atoms with Crippen LogP contribution in [0.15, 0.2) is 16.3 Å². The molecule has 1 aromatic rings. The summed E-state index contributed by atoms with van der Waals surface area (Å²) in [6.45, 7) is 6.13. The third-order valence-electron chi connectivity index (χ3n) is 5.03. The maximum Gasteiger partial charge on any atom is 0.250 e. The molecule has 1 aromatic heterocycles. The normalized spacial score (nSPS) is 26.0. The quantitative estimate of drug-likeness (QED) is 0.683. The summed E-state index contributed by atoms with van der Waals surface area (Å²) in [5, 5.41) is 6.42. The molecule has 3 N–H and O–H groups in total. The molecule has 6 nitrogen and oxygen atoms in total. The van der Waals surface area contributed by atoms with Crippen molar-refractivity contribution in [3.8, 4) is 0 Å². The lowest BCUT2D eigenvalue weighted by atomic mass is 9.96. The molecule has 3 rings (SSSR count). The first-order valence-corrected chi connectivity index (χ1v) is 11.6. The van der Waals surface area contributed by atoms with Crippen LogP contribution >= 0.6 is 11.3 Å². The second kappa shape index (κ2) is 7.58. The van der Waals surface area contributed by atoms with E-state index < -0.39 is 15.4 Å². The number of carbonyl (C=O) groups excluding carboxylic acids is 1. The van der Waals surface area contributed by atoms with Crippen molar-refractivity contribution in [2.45, 2.75) is 75.2 Å². The summed E-state index contributed by atoms with van der Waals surface area (Å²) in [5.74, 6) is 0.00380. The first-order chi connectivity index (χ1) is 12.1. The Morgan fingerprint density at radius 2 is 1.88 bits per heavy atom. The van der Waals surface area contributed by atoms with Crippen LogP contribution in [-0.2, 0) is 21.2 Å². The number of amides is 1. The van der Waals surface area contributed by atoms with E-state index in [4.69, 9.17) is 0 Å². The van der Waals surface area contributed by atoms with Crippen molar-refractivity contribution in [1.82, 2.24) is 15.4 Å². The zero-order valence-corrected chi connectivity index (χ0v) is 17.3. The van der Waals surface area contributed by atoms with Gasteiger partial charge >= 0.3 is 0 Å². The monoisotopic (exact) mass is 399 g/mol. The molecule has 8 heteroatoms. The van der Waals surface area contributed by atoms with Gasteiger partial charge in [0.05, 0.1) is 0 Å². The predicted octanol–water partition coefficient (Wildman–Crippen LogP) is 2.01. The maximum absolute atomic E-state index is 12.7. The van der Waals surface area contributed by atoms with Crippen molar-refractivity contribution >= 4 is 27.3 Å². The third kappa shape index (κ3) is 4.85. The van der Waals surface area contributed by atoms with E-state index in [1.54, 1.807) is 6.07 Å². The van der Waals surface area contributed by atoms with Crippen molar-refractivity contribution < 1.29 is 13.2 Å². The largest absolute Gasteiger partial charge is 0.355 e. The van der Waals surface area contributed by atoms with Gasteiger partial charge in [-0.2, -0.15) is 0 Å². The van der Waals surface area contributed by atoms with Crippen LogP contribution in [0.1, 0.15) is 51.3 Å². The number of rotatable bonds is 6. The van der Waals surface area contributed by atoms with E-state index in [1.807, 2.05) is 26.8 Å². The van der Waals surface area contributed by atoms with Gasteiger partial charge < -0.3 is 10.6 Å². The molecule has 2 aliphatic heterocycles. The number of hydrogen-bond donors (Lipinski definition) is 3. The number of hydrogen-bond acceptors (Lipinski definition) is 5. The highest BCUT2D eigenvalue weighted by molar-refractivity contribution is 7.91. The molecule has 2 fully saturated rings. The lowest BCUT2D eigenvalue weighted by molar-refractivity contribution is -0.128. The number of fused-ring (bicyclic) bond motifs is 2. The molecule has 2 bridgehead atoms. The molecular formula is C18H29N3O3S2. The molecule has 1 amide bonds. The summed E-state index contributed by atoms with van der Waals surface area (Å²) in [7, 11) is -3.47. The fraction of sp³-hybridized carbons (Fsp3) is 0.722. The highest BCUT2D eigenvalue weighted by Crippen LogP contribution is 2.29. The van der Waals surface area contributed by atoms with E-state index in [1.165, 1.54) is 11.3 Å². The Hall–Kier alpha value is -0.960. The molecule has 0 aliphatic carbocycles. The number of nitrogens with one attached hydrogen (secondary N) is 3. The van der Waals surface area contributed by atoms with Gasteiger partial charge in [0.1, 0.15) is 4.21 Å². The van der Waals surface area contributed by atoms with Gasteiger partial charge in [-0.15, -0.1) is 11.3 Å². The number of thiophene rings is 1. The van der Waals surface area contributed by atoms with Crippen LogP contribution in [0.4, 0.5) is 0 Å². The molecular weight excluding hydrogens is 370 g/mol. The smallest absolute Gasteiger partial charge is 0.250 e. The van der Waals surface area contributed by atoms with E-state index >= 15 is 0 Å². The Bertz CT molecular complexity index is 740. The minimum absolute atomic E-state index is 0.00380. The van der Waals surface area contributed by atoms with E-state index in [9.17, 15) is 13.2 Å². The van der Waals surface area contributed by atoms with Crippen LogP contribution in [0.25, 0.3) is 0 Å². The number of sulfonamides is 1. The second-order valence-electron chi connectivity index (χ2n) is 8.40. The Labute approximate surface area is 160 Å². The molecule has 2 unspecified atom stereocenters. The molecule has 26 heavy (non-hydrogen) atoms. The highest BCUT2D eigenvalue weighted by atomic mass is 32.2. The van der Waals surface area contributed by atoms with Gasteiger partial charge in [0.15, 0.2) is 0 Å². The first-order valence-electron chi connectivity index (χ1n) is 9.29. The average molecular weight is 400 g/mol. The summed E-state index contributed by atoms with van der Waals surface area (Å²) >= 11 is 1.29. The zero-order chi connectivity index (χ0) is 18.9. The molecule has 0 radical (unpaired) electrons. The number of carbonyl (C=O) groups is 1. The van der Waals surface area contributed by atoms with Crippen LogP contribution in [0.2, 0.25) is 0 Å². The summed E-state index contributed by atoms with van der Waals surface area (Å²) in [6, 6.07) is 4.44. The van der Waals surface area contributed by atoms with Crippen LogP contribution in [0.5, 0.6) is 0 Å². The Kier molecular flexibility index (Phi) is 5.77. The van der Waals surface area contributed by atoms with Gasteiger partial charge in [0, 0.05) is 35.0 Å². The van der Waals surface area contributed by atoms with Gasteiger partial charge in [0.2, 0.25) is 15.9 Å². The highest BCUT2D eigenvalue weighted by Gasteiger charge is 2.35. The van der Waals surface area contributed by atoms with Gasteiger partial charge in [-0.1, -0.05) is 20.8 Å². The molecule has 0 saturated carbocycles. The minimum atomic E-state index is -3.47. The lowest BCUT2D eigenvalue weighted by Gasteiger charge is -2.29. The van der Waals surface area contributed by atoms with Gasteiger partial charge in [0.25, 0.3) is 0 Å². The van der Waals surface area contributed by atoms with Crippen molar-refractivity contribution in [2.75, 3.05) is 6.54 Å². The van der Waals surface area contributed by atoms with Crippen LogP contribution in [0.3, 0.4) is 0 Å². The predicted molar refractivity (Wildman–Crippen MR) is 104 cm³/mol. The zero-order valence-electron chi connectivity index (χ0n) is 15.7. The van der Waals surface area contributed by atoms with Crippen LogP contribution < -0.4 is 15.4 Å². The fourth-order valence-corrected chi connectivity index (χ4v) is 6.27. The molecule has 2 saturated heterocycles. The Balaban J connectivity index is 1.54. The fourth-order valence-electron chi connectivity index (χ4n) is 3.63. The van der Waals surface area contributed by atoms with Crippen molar-refractivity contribution in [3.05, 3.63) is 17.0 Å². The lowest BCUT2D eigenvalue weighted by Crippen LogP contribution is -2.47. The van der Waals surface area contributed by atoms with Crippen molar-refractivity contribution in [1.29, 1.82) is 0 Å². The summed E-state index contributed by atoms with van der Waals surface area (Å²) in [6.07, 6.45) is 4.66. The summed E-state index contributed by atoms with van der Waals surface area (Å²) < 4.78 is 28.6. The van der Waals surface area contributed by atoms with E-state index in [0.29, 0.717) is 29.3 Å². The van der Waals surface area contributed by atoms with Crippen LogP contribution in [0, 0.1) is 5.41 Å². The molecule has 2 aliphatic rings. The number of piperidine rings is 1. The van der Waals surface area contributed by atoms with Gasteiger partial charge in [-0.3, -0.25) is 4.79 Å². The van der Waals surface area contributed by atoms with Crippen LogP contribution in [-0.4, -0.2) is 39.0 Å². The maximum atomic E-state index is 12.7. The molecule has 0 spiro atoms. The van der Waals surface area contributed by atoms with E-state index in [2.05, 4.69) is 15.4 Å². The summed E-state index contributed by atoms with van der Waals surface area (Å²) in [4.78, 5) is 12.8. The molecule has 146 valence electrons. The molecule has 0 aromatic carbocycles. The Morgan fingerprint density at radius 3 is 2.50 bits per heavy atom. The van der Waals surface area contributed by atoms with Gasteiger partial charge in [-0.05, 0) is 44.2 Å². The average Bonchev–Trinajstić information content (AvgIpc) is 3.13. The van der Waals surface area contributed by atoms with E-state index in [-0.39, 0.29) is 11.9 Å². The topological polar surface area (TPSA) is 87.3 Å². The molecule has 3 heterocycles. The van der Waals surface area contributed by atoms with Crippen molar-refractivity contribution in [3.63, 3.8) is 0 Å². The standard InChI is InChI=1S/C18H29N3O3S2/c1-18(2,3)17(22)19-9-8-15-6-7-16(25-15)26(23,24)21-14-10-12-4-5-13(11-14)20-12/h6-7,12-14,20-21H,4-5,8-11H2,1-3H3,(H,19,22). The Morgan fingerprint density at radius 1 is 1.23 bits per heavy atom. The first kappa shape index (κ1) is 19.8.